The van der Waals surface area contributed by atoms with Crippen LogP contribution < -0.4 is 5.32 Å². The van der Waals surface area contributed by atoms with Crippen LogP contribution >= 0.6 is 0 Å². The first-order chi connectivity index (χ1) is 13.7. The number of carbonyl (C=O) groups excluding carboxylic acids is 1. The van der Waals surface area contributed by atoms with Gasteiger partial charge in [-0.3, -0.25) is 9.48 Å². The highest BCUT2D eigenvalue weighted by Gasteiger charge is 2.31. The summed E-state index contributed by atoms with van der Waals surface area (Å²) in [5.41, 5.74) is 3.74. The summed E-state index contributed by atoms with van der Waals surface area (Å²) in [5.74, 6) is -0.0501. The van der Waals surface area contributed by atoms with E-state index in [9.17, 15) is 9.18 Å². The molecule has 0 radical (unpaired) electrons. The molecular weight excluding hydrogens is 355 g/mol. The van der Waals surface area contributed by atoms with Crippen LogP contribution in [-0.4, -0.2) is 46.3 Å². The van der Waals surface area contributed by atoms with E-state index in [1.54, 1.807) is 6.07 Å². The van der Waals surface area contributed by atoms with Crippen LogP contribution in [0.25, 0.3) is 0 Å². The van der Waals surface area contributed by atoms with Gasteiger partial charge < -0.3 is 10.2 Å². The van der Waals surface area contributed by atoms with E-state index in [0.717, 1.165) is 69.4 Å². The lowest BCUT2D eigenvalue weighted by Crippen LogP contribution is -2.37. The normalized spacial score (nSPS) is 19.1. The zero-order valence-corrected chi connectivity index (χ0v) is 16.6. The van der Waals surface area contributed by atoms with Crippen molar-refractivity contribution < 1.29 is 9.18 Å². The van der Waals surface area contributed by atoms with Gasteiger partial charge in [-0.15, -0.1) is 0 Å². The molecule has 1 aliphatic heterocycles. The van der Waals surface area contributed by atoms with Crippen LogP contribution in [0.3, 0.4) is 0 Å². The molecule has 1 saturated heterocycles. The molecule has 5 nitrogen and oxygen atoms in total. The summed E-state index contributed by atoms with van der Waals surface area (Å²) in [5, 5.41) is 8.25. The van der Waals surface area contributed by atoms with Crippen LogP contribution in [0.4, 0.5) is 4.39 Å². The van der Waals surface area contributed by atoms with Gasteiger partial charge in [-0.25, -0.2) is 4.39 Å². The second kappa shape index (κ2) is 8.43. The summed E-state index contributed by atoms with van der Waals surface area (Å²) in [6.45, 7) is 5.29. The summed E-state index contributed by atoms with van der Waals surface area (Å²) in [7, 11) is 0. The Bertz CT molecular complexity index is 841. The molecule has 1 N–H and O–H groups in total. The van der Waals surface area contributed by atoms with Crippen molar-refractivity contribution in [2.45, 2.75) is 58.0 Å². The minimum atomic E-state index is -0.141. The first kappa shape index (κ1) is 19.1. The third-order valence-corrected chi connectivity index (χ3v) is 6.03. The van der Waals surface area contributed by atoms with Gasteiger partial charge in [-0.05, 0) is 63.6 Å². The van der Waals surface area contributed by atoms with Crippen molar-refractivity contribution in [3.63, 3.8) is 0 Å². The minimum absolute atomic E-state index is 0.0907. The maximum atomic E-state index is 13.8. The van der Waals surface area contributed by atoms with E-state index >= 15 is 0 Å². The molecule has 1 unspecified atom stereocenters. The van der Waals surface area contributed by atoms with Gasteiger partial charge in [0.1, 0.15) is 5.82 Å². The van der Waals surface area contributed by atoms with Crippen LogP contribution in [0.1, 0.15) is 53.5 Å². The molecule has 1 amide bonds. The number of benzene rings is 1. The number of hydrogen-bond acceptors (Lipinski definition) is 3. The Labute approximate surface area is 165 Å². The van der Waals surface area contributed by atoms with Crippen molar-refractivity contribution in [2.24, 2.45) is 0 Å². The third-order valence-electron chi connectivity index (χ3n) is 6.03. The molecule has 150 valence electrons. The first-order valence-corrected chi connectivity index (χ1v) is 10.5. The molecule has 1 aromatic heterocycles. The molecule has 2 aromatic rings. The largest absolute Gasteiger partial charge is 0.337 e. The summed E-state index contributed by atoms with van der Waals surface area (Å²) in [6.07, 6.45) is 5.62. The molecular formula is C22H29FN4O. The van der Waals surface area contributed by atoms with Crippen molar-refractivity contribution in [3.8, 4) is 0 Å². The SMILES string of the molecule is CCn1nc(C(=O)N2CCCC2)c2c1CCC(NCCc1ccccc1F)C2. The van der Waals surface area contributed by atoms with Crippen LogP contribution in [0.5, 0.6) is 0 Å². The topological polar surface area (TPSA) is 50.2 Å². The fourth-order valence-electron chi connectivity index (χ4n) is 4.48. The first-order valence-electron chi connectivity index (χ1n) is 10.5. The number of nitrogens with zero attached hydrogens (tertiary/aromatic N) is 3. The number of rotatable bonds is 6. The number of likely N-dealkylation sites (tertiary alicyclic amines) is 1. The quantitative estimate of drug-likeness (QED) is 0.833. The molecule has 1 fully saturated rings. The lowest BCUT2D eigenvalue weighted by Gasteiger charge is -2.25. The van der Waals surface area contributed by atoms with Gasteiger partial charge in [-0.1, -0.05) is 18.2 Å². The Morgan fingerprint density at radius 3 is 2.82 bits per heavy atom. The molecule has 2 heterocycles. The summed E-state index contributed by atoms with van der Waals surface area (Å²) in [6, 6.07) is 7.25. The fraction of sp³-hybridized carbons (Fsp3) is 0.545. The molecule has 1 aromatic carbocycles. The number of fused-ring (bicyclic) bond motifs is 1. The van der Waals surface area contributed by atoms with Crippen molar-refractivity contribution in [1.82, 2.24) is 20.0 Å². The fourth-order valence-corrected chi connectivity index (χ4v) is 4.48. The zero-order valence-electron chi connectivity index (χ0n) is 16.6. The molecule has 1 atom stereocenters. The number of hydrogen-bond donors (Lipinski definition) is 1. The predicted octanol–water partition coefficient (Wildman–Crippen LogP) is 2.97. The molecule has 4 rings (SSSR count). The zero-order chi connectivity index (χ0) is 19.5. The molecule has 0 spiro atoms. The highest BCUT2D eigenvalue weighted by atomic mass is 19.1. The van der Waals surface area contributed by atoms with Crippen molar-refractivity contribution in [3.05, 3.63) is 52.6 Å². The van der Waals surface area contributed by atoms with E-state index in [4.69, 9.17) is 0 Å². The van der Waals surface area contributed by atoms with E-state index < -0.39 is 0 Å². The highest BCUT2D eigenvalue weighted by molar-refractivity contribution is 5.94. The molecule has 28 heavy (non-hydrogen) atoms. The van der Waals surface area contributed by atoms with Gasteiger partial charge in [0, 0.05) is 36.9 Å². The van der Waals surface area contributed by atoms with Gasteiger partial charge in [0.2, 0.25) is 0 Å². The molecule has 6 heteroatoms. The molecule has 2 aliphatic rings. The van der Waals surface area contributed by atoms with Crippen LogP contribution in [-0.2, 0) is 25.8 Å². The van der Waals surface area contributed by atoms with Crippen molar-refractivity contribution in [2.75, 3.05) is 19.6 Å². The molecule has 0 saturated carbocycles. The lowest BCUT2D eigenvalue weighted by molar-refractivity contribution is 0.0785. The second-order valence-electron chi connectivity index (χ2n) is 7.82. The average molecular weight is 384 g/mol. The molecule has 0 bridgehead atoms. The van der Waals surface area contributed by atoms with Gasteiger partial charge in [0.15, 0.2) is 5.69 Å². The maximum Gasteiger partial charge on any atom is 0.274 e. The smallest absolute Gasteiger partial charge is 0.274 e. The summed E-state index contributed by atoms with van der Waals surface area (Å²) < 4.78 is 15.8. The summed E-state index contributed by atoms with van der Waals surface area (Å²) >= 11 is 0. The lowest BCUT2D eigenvalue weighted by atomic mass is 9.91. The number of carbonyl (C=O) groups is 1. The van der Waals surface area contributed by atoms with Crippen LogP contribution in [0.2, 0.25) is 0 Å². The van der Waals surface area contributed by atoms with E-state index in [1.165, 1.54) is 11.8 Å². The number of aromatic nitrogens is 2. The van der Waals surface area contributed by atoms with E-state index in [1.807, 2.05) is 21.7 Å². The molecule has 1 aliphatic carbocycles. The van der Waals surface area contributed by atoms with E-state index in [2.05, 4.69) is 17.3 Å². The Morgan fingerprint density at radius 2 is 2.07 bits per heavy atom. The third kappa shape index (κ3) is 3.83. The van der Waals surface area contributed by atoms with Gasteiger partial charge >= 0.3 is 0 Å². The number of aryl methyl sites for hydroxylation is 1. The van der Waals surface area contributed by atoms with Crippen molar-refractivity contribution in [1.29, 1.82) is 0 Å². The predicted molar refractivity (Wildman–Crippen MR) is 107 cm³/mol. The maximum absolute atomic E-state index is 13.8. The van der Waals surface area contributed by atoms with E-state index in [-0.39, 0.29) is 11.7 Å². The number of halogens is 1. The Kier molecular flexibility index (Phi) is 5.76. The highest BCUT2D eigenvalue weighted by Crippen LogP contribution is 2.27. The monoisotopic (exact) mass is 384 g/mol. The standard InChI is InChI=1S/C22H29FN4O/c1-2-27-20-10-9-17(24-12-11-16-7-3-4-8-19(16)23)15-18(20)21(25-27)22(28)26-13-5-6-14-26/h3-4,7-8,17,24H,2,5-6,9-15H2,1H3. The van der Waals surface area contributed by atoms with Crippen LogP contribution in [0, 0.1) is 5.82 Å². The summed E-state index contributed by atoms with van der Waals surface area (Å²) in [4.78, 5) is 14.9. The Hall–Kier alpha value is -2.21. The van der Waals surface area contributed by atoms with Gasteiger partial charge in [0.05, 0.1) is 0 Å². The van der Waals surface area contributed by atoms with Crippen molar-refractivity contribution >= 4 is 5.91 Å². The van der Waals surface area contributed by atoms with Crippen LogP contribution in [0.15, 0.2) is 24.3 Å². The van der Waals surface area contributed by atoms with E-state index in [0.29, 0.717) is 18.2 Å². The van der Waals surface area contributed by atoms with Gasteiger partial charge in [0.25, 0.3) is 5.91 Å². The Balaban J connectivity index is 1.44. The van der Waals surface area contributed by atoms with Gasteiger partial charge in [-0.2, -0.15) is 5.10 Å². The second-order valence-corrected chi connectivity index (χ2v) is 7.82. The average Bonchev–Trinajstić information content (AvgIpc) is 3.37. The Morgan fingerprint density at radius 1 is 1.29 bits per heavy atom. The number of nitrogens with one attached hydrogen (secondary N) is 1. The minimum Gasteiger partial charge on any atom is -0.337 e. The number of amides is 1.